The Hall–Kier alpha value is -7.56. The van der Waals surface area contributed by atoms with Crippen LogP contribution >= 0.6 is 0 Å². The molecule has 0 atom stereocenters. The average Bonchev–Trinajstić information content (AvgIpc) is 4.20. The molecule has 398 valence electrons. The summed E-state index contributed by atoms with van der Waals surface area (Å²) in [4.78, 5) is 4.93. The van der Waals surface area contributed by atoms with E-state index in [0.29, 0.717) is 23.1 Å². The third-order valence-electron chi connectivity index (χ3n) is 15.2. The Morgan fingerprint density at radius 2 is 1.11 bits per heavy atom. The van der Waals surface area contributed by atoms with Crippen LogP contribution in [0.15, 0.2) is 164 Å². The number of hydrogen-bond donors (Lipinski definition) is 0. The SMILES string of the molecule is CC(C)c1cc(C(C)C)c(-c2cc(Oc3[c-]c4c(cc3)c3ccccc3n4-c3cc(C(C)(C)C)ccn3)[c-]c([N+]3=C=[N+](c4c(-c5ccc(F)cc5)cc(C(C)(C)C)cc4-c4ccc(F)cc4)c4ccccc43)c2)c(C(C)C)c1.[Pt+2]. The number of halogens is 2. The Kier molecular flexibility index (Phi) is 14.7. The zero-order valence-corrected chi connectivity index (χ0v) is 49.4. The van der Waals surface area contributed by atoms with Gasteiger partial charge >= 0.3 is 27.1 Å². The second-order valence-electron chi connectivity index (χ2n) is 23.8. The van der Waals surface area contributed by atoms with E-state index < -0.39 is 0 Å². The monoisotopic (exact) mass is 1220 g/mol. The minimum absolute atomic E-state index is 0. The van der Waals surface area contributed by atoms with Crippen molar-refractivity contribution in [2.75, 3.05) is 0 Å². The van der Waals surface area contributed by atoms with E-state index in [4.69, 9.17) is 9.72 Å². The maximum Gasteiger partial charge on any atom is 2.00 e. The average molecular weight is 1220 g/mol. The van der Waals surface area contributed by atoms with E-state index in [1.54, 1.807) is 0 Å². The van der Waals surface area contributed by atoms with Crippen LogP contribution in [-0.4, -0.2) is 15.6 Å². The van der Waals surface area contributed by atoms with Crippen molar-refractivity contribution in [1.29, 1.82) is 0 Å². The van der Waals surface area contributed by atoms with E-state index in [9.17, 15) is 8.78 Å². The fourth-order valence-electron chi connectivity index (χ4n) is 10.8. The first-order valence-corrected chi connectivity index (χ1v) is 27.2. The third kappa shape index (κ3) is 10.5. The van der Waals surface area contributed by atoms with Crippen molar-refractivity contribution in [2.45, 2.75) is 112 Å². The molecule has 3 heterocycles. The van der Waals surface area contributed by atoms with Gasteiger partial charge in [-0.2, -0.15) is 6.07 Å². The molecule has 0 fully saturated rings. The molecule has 1 aliphatic rings. The van der Waals surface area contributed by atoms with Crippen molar-refractivity contribution in [3.8, 4) is 50.7 Å². The van der Waals surface area contributed by atoms with Gasteiger partial charge in [0.25, 0.3) is 11.4 Å². The molecule has 0 aliphatic carbocycles. The Morgan fingerprint density at radius 1 is 0.544 bits per heavy atom. The molecule has 10 aromatic rings. The van der Waals surface area contributed by atoms with Crippen LogP contribution in [0.4, 0.5) is 31.5 Å². The van der Waals surface area contributed by atoms with Crippen LogP contribution < -0.4 is 13.9 Å². The van der Waals surface area contributed by atoms with Crippen molar-refractivity contribution in [1.82, 2.24) is 18.7 Å². The summed E-state index contributed by atoms with van der Waals surface area (Å²) in [5.41, 5.74) is 16.5. The van der Waals surface area contributed by atoms with Gasteiger partial charge in [0.2, 0.25) is 5.69 Å². The van der Waals surface area contributed by atoms with Gasteiger partial charge in [0.15, 0.2) is 0 Å². The molecular formula is C71H66F2N4OPt+2. The normalized spacial score (nSPS) is 12.6. The van der Waals surface area contributed by atoms with Crippen LogP contribution in [0.1, 0.15) is 129 Å². The number of pyridine rings is 1. The van der Waals surface area contributed by atoms with Gasteiger partial charge in [-0.1, -0.05) is 172 Å². The van der Waals surface area contributed by atoms with Crippen LogP contribution in [-0.2, 0) is 31.9 Å². The molecule has 2 aromatic heterocycles. The van der Waals surface area contributed by atoms with Crippen LogP contribution in [0.3, 0.4) is 0 Å². The van der Waals surface area contributed by atoms with E-state index in [-0.39, 0.29) is 55.4 Å². The molecule has 11 rings (SSSR count). The fraction of sp³-hybridized carbons (Fsp3) is 0.239. The van der Waals surface area contributed by atoms with Crippen molar-refractivity contribution in [2.24, 2.45) is 0 Å². The molecule has 8 heteroatoms. The first-order chi connectivity index (χ1) is 37.2. The number of para-hydroxylation sites is 3. The summed E-state index contributed by atoms with van der Waals surface area (Å²) < 4.78 is 43.0. The number of hydrogen-bond acceptors (Lipinski definition) is 2. The zero-order chi connectivity index (χ0) is 54.9. The van der Waals surface area contributed by atoms with Crippen LogP contribution in [0.2, 0.25) is 0 Å². The predicted molar refractivity (Wildman–Crippen MR) is 319 cm³/mol. The zero-order valence-electron chi connectivity index (χ0n) is 47.1. The topological polar surface area (TPSA) is 33.1 Å². The van der Waals surface area contributed by atoms with Crippen molar-refractivity contribution < 1.29 is 34.6 Å². The molecule has 0 saturated heterocycles. The van der Waals surface area contributed by atoms with Gasteiger partial charge in [0.05, 0.1) is 11.1 Å². The third-order valence-corrected chi connectivity index (χ3v) is 15.2. The Bertz CT molecular complexity index is 3960. The van der Waals surface area contributed by atoms with E-state index in [1.165, 1.54) is 52.1 Å². The summed E-state index contributed by atoms with van der Waals surface area (Å²) in [5.74, 6) is 1.98. The predicted octanol–water partition coefficient (Wildman–Crippen LogP) is 19.7. The fourth-order valence-corrected chi connectivity index (χ4v) is 10.8. The molecule has 0 radical (unpaired) electrons. The smallest absolute Gasteiger partial charge is 0.509 e. The molecule has 0 spiro atoms. The number of rotatable bonds is 11. The summed E-state index contributed by atoms with van der Waals surface area (Å²) in [7, 11) is 0. The van der Waals surface area contributed by atoms with E-state index >= 15 is 0 Å². The molecule has 8 aromatic carbocycles. The summed E-state index contributed by atoms with van der Waals surface area (Å²) in [5, 5.41) is 2.14. The van der Waals surface area contributed by atoms with Crippen molar-refractivity contribution >= 4 is 50.6 Å². The summed E-state index contributed by atoms with van der Waals surface area (Å²) in [6.07, 6.45) is 1.89. The molecule has 79 heavy (non-hydrogen) atoms. The first-order valence-electron chi connectivity index (χ1n) is 27.2. The van der Waals surface area contributed by atoms with Crippen LogP contribution in [0, 0.1) is 23.8 Å². The van der Waals surface area contributed by atoms with Gasteiger partial charge in [-0.15, -0.1) is 29.1 Å². The van der Waals surface area contributed by atoms with Gasteiger partial charge in [-0.3, -0.25) is 0 Å². The number of aromatic nitrogens is 2. The van der Waals surface area contributed by atoms with Gasteiger partial charge < -0.3 is 9.30 Å². The van der Waals surface area contributed by atoms with Crippen molar-refractivity contribution in [3.63, 3.8) is 0 Å². The van der Waals surface area contributed by atoms with E-state index in [1.807, 2.05) is 48.7 Å². The quantitative estimate of drug-likeness (QED) is 0.0955. The number of ether oxygens (including phenoxy) is 1. The minimum atomic E-state index is -0.321. The summed E-state index contributed by atoms with van der Waals surface area (Å²) >= 11 is 0. The second-order valence-corrected chi connectivity index (χ2v) is 23.8. The molecule has 0 saturated carbocycles. The van der Waals surface area contributed by atoms with Gasteiger partial charge in [0.1, 0.15) is 23.1 Å². The first kappa shape index (κ1) is 54.8. The van der Waals surface area contributed by atoms with Crippen LogP contribution in [0.25, 0.3) is 61.0 Å². The standard InChI is InChI=1S/C71H66F2N4O.Pt/c1-43(2)48-35-59(44(3)4)68(60(36-48)45(5)6)49-33-54(40-56(34-49)78-55-29-30-58-57-17-13-14-18-63(57)77(66(58)41-55)67-39-50(31-32-74-67)70(7,8)9)75-42-76(65-20-16-15-19-64(65)75)69-61(46-21-25-52(72)26-22-46)37-51(71(10,11)12)38-62(69)47-23-27-53(73)28-24-47;/h13-39,43-45H,1-12H3;/q;+2. The molecule has 0 bridgehead atoms. The number of benzene rings is 8. The van der Waals surface area contributed by atoms with E-state index in [0.717, 1.165) is 78.1 Å². The maximum atomic E-state index is 14.8. The van der Waals surface area contributed by atoms with Crippen LogP contribution in [0.5, 0.6) is 11.5 Å². The maximum absolute atomic E-state index is 14.8. The van der Waals surface area contributed by atoms with Gasteiger partial charge in [0, 0.05) is 35.3 Å². The van der Waals surface area contributed by atoms with Gasteiger partial charge in [-0.25, -0.2) is 13.8 Å². The van der Waals surface area contributed by atoms with Gasteiger partial charge in [-0.05, 0) is 138 Å². The molecular weight excluding hydrogens is 1160 g/mol. The molecule has 0 N–H and O–H groups in total. The molecule has 1 aliphatic heterocycles. The Morgan fingerprint density at radius 3 is 1.68 bits per heavy atom. The Balaban J connectivity index is 0.00000704. The molecule has 5 nitrogen and oxygen atoms in total. The van der Waals surface area contributed by atoms with E-state index in [2.05, 4.69) is 206 Å². The number of nitrogens with zero attached hydrogens (tertiary/aromatic N) is 4. The second kappa shape index (κ2) is 21.2. The largest absolute Gasteiger partial charge is 2.00 e. The number of fused-ring (bicyclic) bond motifs is 4. The molecule has 0 unspecified atom stereocenters. The Labute approximate surface area is 478 Å². The van der Waals surface area contributed by atoms with Crippen molar-refractivity contribution in [3.05, 3.63) is 216 Å². The summed E-state index contributed by atoms with van der Waals surface area (Å²) in [6, 6.07) is 63.2. The summed E-state index contributed by atoms with van der Waals surface area (Å²) in [6.45, 7) is 26.8. The minimum Gasteiger partial charge on any atom is -0.509 e. The molecule has 0 amide bonds.